The van der Waals surface area contributed by atoms with Gasteiger partial charge in [0.15, 0.2) is 0 Å². The largest absolute Gasteiger partial charge is 0.480 e. The van der Waals surface area contributed by atoms with Crippen LogP contribution in [0, 0.1) is 0 Å². The molecule has 5 nitrogen and oxygen atoms in total. The van der Waals surface area contributed by atoms with Crippen LogP contribution >= 0.6 is 24.0 Å². The number of amides is 1. The quantitative estimate of drug-likeness (QED) is 0.531. The minimum absolute atomic E-state index is 0.0746. The minimum atomic E-state index is -1.10. The zero-order chi connectivity index (χ0) is 21.2. The second kappa shape index (κ2) is 8.39. The molecular formula is C22H21NO4S2. The first-order valence-corrected chi connectivity index (χ1v) is 10.2. The molecular weight excluding hydrogens is 406 g/mol. The SMILES string of the molecule is CC(C)(C)c1ccc(Oc2cccc(C=C3SC(=S)N(CC(=O)O)C3=O)c2)cc1. The third kappa shape index (κ3) is 5.25. The molecule has 1 heterocycles. The fourth-order valence-corrected chi connectivity index (χ4v) is 4.00. The molecule has 0 spiro atoms. The standard InChI is InChI=1S/C22H21NO4S2/c1-22(2,3)15-7-9-16(10-8-15)27-17-6-4-5-14(11-17)12-18-20(26)23(13-19(24)25)21(28)29-18/h4-12H,13H2,1-3H3,(H,24,25). The average molecular weight is 428 g/mol. The Morgan fingerprint density at radius 2 is 1.86 bits per heavy atom. The van der Waals surface area contributed by atoms with Crippen LogP contribution in [-0.2, 0) is 15.0 Å². The highest BCUT2D eigenvalue weighted by molar-refractivity contribution is 8.26. The van der Waals surface area contributed by atoms with E-state index in [1.165, 1.54) is 5.56 Å². The molecule has 2 aromatic carbocycles. The first-order chi connectivity index (χ1) is 13.6. The smallest absolute Gasteiger partial charge is 0.323 e. The van der Waals surface area contributed by atoms with Crippen LogP contribution in [0.15, 0.2) is 53.4 Å². The fraction of sp³-hybridized carbons (Fsp3) is 0.227. The first-order valence-electron chi connectivity index (χ1n) is 8.99. The minimum Gasteiger partial charge on any atom is -0.480 e. The van der Waals surface area contributed by atoms with Gasteiger partial charge in [0.05, 0.1) is 4.91 Å². The summed E-state index contributed by atoms with van der Waals surface area (Å²) in [5.41, 5.74) is 2.07. The Labute approximate surface area is 179 Å². The van der Waals surface area contributed by atoms with Crippen molar-refractivity contribution in [2.45, 2.75) is 26.2 Å². The van der Waals surface area contributed by atoms with Crippen LogP contribution in [-0.4, -0.2) is 32.7 Å². The van der Waals surface area contributed by atoms with E-state index in [2.05, 4.69) is 20.8 Å². The Hall–Kier alpha value is -2.64. The zero-order valence-electron chi connectivity index (χ0n) is 16.3. The van der Waals surface area contributed by atoms with Crippen molar-refractivity contribution >= 4 is 46.3 Å². The summed E-state index contributed by atoms with van der Waals surface area (Å²) in [6.45, 7) is 6.04. The molecule has 1 aliphatic heterocycles. The van der Waals surface area contributed by atoms with Gasteiger partial charge in [-0.3, -0.25) is 14.5 Å². The van der Waals surface area contributed by atoms with Crippen LogP contribution in [0.1, 0.15) is 31.9 Å². The van der Waals surface area contributed by atoms with Crippen molar-refractivity contribution in [3.63, 3.8) is 0 Å². The van der Waals surface area contributed by atoms with Crippen LogP contribution in [0.25, 0.3) is 6.08 Å². The summed E-state index contributed by atoms with van der Waals surface area (Å²) in [5, 5.41) is 8.92. The molecule has 150 valence electrons. The van der Waals surface area contributed by atoms with Crippen LogP contribution in [0.4, 0.5) is 0 Å². The lowest BCUT2D eigenvalue weighted by atomic mass is 9.87. The Bertz CT molecular complexity index is 991. The van der Waals surface area contributed by atoms with Crippen molar-refractivity contribution in [2.24, 2.45) is 0 Å². The van der Waals surface area contributed by atoms with E-state index < -0.39 is 18.4 Å². The molecule has 1 fully saturated rings. The highest BCUT2D eigenvalue weighted by atomic mass is 32.2. The van der Waals surface area contributed by atoms with Crippen molar-refractivity contribution in [1.29, 1.82) is 0 Å². The van der Waals surface area contributed by atoms with E-state index in [0.29, 0.717) is 10.7 Å². The molecule has 0 unspecified atom stereocenters. The molecule has 3 rings (SSSR count). The van der Waals surface area contributed by atoms with E-state index in [9.17, 15) is 9.59 Å². The maximum absolute atomic E-state index is 12.4. The van der Waals surface area contributed by atoms with Gasteiger partial charge in [-0.15, -0.1) is 0 Å². The third-order valence-electron chi connectivity index (χ3n) is 4.28. The number of carboxylic acids is 1. The Kier molecular flexibility index (Phi) is 6.10. The first kappa shape index (κ1) is 21.1. The van der Waals surface area contributed by atoms with Crippen LogP contribution in [0.2, 0.25) is 0 Å². The fourth-order valence-electron chi connectivity index (χ4n) is 2.75. The molecule has 0 aromatic heterocycles. The van der Waals surface area contributed by atoms with Gasteiger partial charge in [-0.2, -0.15) is 0 Å². The van der Waals surface area contributed by atoms with Gasteiger partial charge in [0.25, 0.3) is 5.91 Å². The van der Waals surface area contributed by atoms with Gasteiger partial charge >= 0.3 is 5.97 Å². The number of carbonyl (C=O) groups is 2. The molecule has 1 aliphatic rings. The number of hydrogen-bond donors (Lipinski definition) is 1. The summed E-state index contributed by atoms with van der Waals surface area (Å²) in [7, 11) is 0. The highest BCUT2D eigenvalue weighted by Gasteiger charge is 2.33. The van der Waals surface area contributed by atoms with Gasteiger partial charge < -0.3 is 9.84 Å². The number of hydrogen-bond acceptors (Lipinski definition) is 5. The van der Waals surface area contributed by atoms with Crippen LogP contribution in [0.3, 0.4) is 0 Å². The number of ether oxygens (including phenoxy) is 1. The number of benzene rings is 2. The van der Waals surface area contributed by atoms with Crippen molar-refractivity contribution in [2.75, 3.05) is 6.54 Å². The number of aliphatic carboxylic acids is 1. The zero-order valence-corrected chi connectivity index (χ0v) is 18.0. The average Bonchev–Trinajstić information content (AvgIpc) is 2.89. The summed E-state index contributed by atoms with van der Waals surface area (Å²) in [5.74, 6) is -0.131. The molecule has 0 bridgehead atoms. The molecule has 0 radical (unpaired) electrons. The number of carboxylic acid groups (broad SMARTS) is 1. The number of rotatable bonds is 5. The topological polar surface area (TPSA) is 66.8 Å². The van der Waals surface area contributed by atoms with E-state index in [-0.39, 0.29) is 9.74 Å². The van der Waals surface area contributed by atoms with Crippen LogP contribution < -0.4 is 4.74 Å². The molecule has 0 atom stereocenters. The predicted molar refractivity (Wildman–Crippen MR) is 119 cm³/mol. The van der Waals surface area contributed by atoms with Crippen molar-refractivity contribution in [1.82, 2.24) is 4.90 Å². The van der Waals surface area contributed by atoms with Gasteiger partial charge in [-0.1, -0.05) is 69.0 Å². The maximum atomic E-state index is 12.4. The lowest BCUT2D eigenvalue weighted by molar-refractivity contribution is -0.140. The molecule has 2 aromatic rings. The van der Waals surface area contributed by atoms with E-state index >= 15 is 0 Å². The van der Waals surface area contributed by atoms with E-state index in [1.807, 2.05) is 48.5 Å². The van der Waals surface area contributed by atoms with Crippen molar-refractivity contribution in [3.05, 3.63) is 64.6 Å². The third-order valence-corrected chi connectivity index (χ3v) is 5.66. The second-order valence-electron chi connectivity index (χ2n) is 7.61. The second-order valence-corrected chi connectivity index (χ2v) is 9.29. The lowest BCUT2D eigenvalue weighted by Crippen LogP contribution is -2.33. The monoisotopic (exact) mass is 427 g/mol. The molecule has 1 saturated heterocycles. The van der Waals surface area contributed by atoms with Gasteiger partial charge in [0, 0.05) is 0 Å². The lowest BCUT2D eigenvalue weighted by Gasteiger charge is -2.19. The van der Waals surface area contributed by atoms with E-state index in [4.69, 9.17) is 22.1 Å². The van der Waals surface area contributed by atoms with Crippen LogP contribution in [0.5, 0.6) is 11.5 Å². The molecule has 1 N–H and O–H groups in total. The van der Waals surface area contributed by atoms with Gasteiger partial charge in [-0.05, 0) is 46.9 Å². The summed E-state index contributed by atoms with van der Waals surface area (Å²) in [6.07, 6.45) is 1.69. The van der Waals surface area contributed by atoms with Gasteiger partial charge in [0.1, 0.15) is 22.4 Å². The molecule has 0 aliphatic carbocycles. The number of carbonyl (C=O) groups excluding carboxylic acids is 1. The van der Waals surface area contributed by atoms with Gasteiger partial charge in [0.2, 0.25) is 0 Å². The Morgan fingerprint density at radius 3 is 2.48 bits per heavy atom. The van der Waals surface area contributed by atoms with E-state index in [1.54, 1.807) is 6.08 Å². The Morgan fingerprint density at radius 1 is 1.17 bits per heavy atom. The summed E-state index contributed by atoms with van der Waals surface area (Å²) in [6, 6.07) is 15.3. The molecule has 0 saturated carbocycles. The predicted octanol–water partition coefficient (Wildman–Crippen LogP) is 5.06. The number of nitrogens with zero attached hydrogens (tertiary/aromatic N) is 1. The summed E-state index contributed by atoms with van der Waals surface area (Å²) >= 11 is 6.21. The highest BCUT2D eigenvalue weighted by Crippen LogP contribution is 2.33. The summed E-state index contributed by atoms with van der Waals surface area (Å²) in [4.78, 5) is 24.8. The number of thiocarbonyl (C=S) groups is 1. The molecule has 1 amide bonds. The molecule has 7 heteroatoms. The van der Waals surface area contributed by atoms with Gasteiger partial charge in [-0.25, -0.2) is 0 Å². The van der Waals surface area contributed by atoms with Crippen molar-refractivity contribution < 1.29 is 19.4 Å². The molecule has 29 heavy (non-hydrogen) atoms. The summed E-state index contributed by atoms with van der Waals surface area (Å²) < 4.78 is 6.18. The normalized spacial score (nSPS) is 15.8. The van der Waals surface area contributed by atoms with Crippen molar-refractivity contribution in [3.8, 4) is 11.5 Å². The van der Waals surface area contributed by atoms with E-state index in [0.717, 1.165) is 28.0 Å². The Balaban J connectivity index is 1.76. The maximum Gasteiger partial charge on any atom is 0.323 e. The number of thioether (sulfide) groups is 1.